The van der Waals surface area contributed by atoms with Gasteiger partial charge in [0.25, 0.3) is 5.91 Å². The smallest absolute Gasteiger partial charge is 0.310 e. The lowest BCUT2D eigenvalue weighted by Crippen LogP contribution is -2.24. The molecule has 0 atom stereocenters. The molecule has 1 aliphatic rings. The average molecular weight is 520 g/mol. The van der Waals surface area contributed by atoms with E-state index in [0.717, 1.165) is 0 Å². The molecule has 0 radical (unpaired) electrons. The van der Waals surface area contributed by atoms with Crippen LogP contribution in [0.15, 0.2) is 64.8 Å². The van der Waals surface area contributed by atoms with Gasteiger partial charge in [-0.25, -0.2) is 0 Å². The number of hydrogen-bond donors (Lipinski definition) is 1. The number of Topliss-reactive ketones (excluding diaryl/α,β-unsaturated/α-hetero) is 2. The number of nitrogens with zero attached hydrogens (tertiary/aromatic N) is 1. The van der Waals surface area contributed by atoms with Gasteiger partial charge in [-0.15, -0.1) is 0 Å². The Labute approximate surface area is 219 Å². The Balaban J connectivity index is 1.65. The van der Waals surface area contributed by atoms with E-state index in [1.165, 1.54) is 4.57 Å². The number of hydrogen-bond acceptors (Lipinski definition) is 6. The van der Waals surface area contributed by atoms with Gasteiger partial charge < -0.3 is 9.84 Å². The maximum atomic E-state index is 13.4. The molecule has 1 N–H and O–H groups in total. The van der Waals surface area contributed by atoms with Crippen LogP contribution in [0, 0.1) is 6.92 Å². The fourth-order valence-corrected chi connectivity index (χ4v) is 4.64. The highest BCUT2D eigenvalue weighted by atomic mass is 35.5. The summed E-state index contributed by atoms with van der Waals surface area (Å²) in [5.74, 6) is -1.45. The number of ether oxygens (including phenoxy) is 1. The fourth-order valence-electron chi connectivity index (χ4n) is 4.51. The predicted molar refractivity (Wildman–Crippen MR) is 140 cm³/mol. The second-order valence-electron chi connectivity index (χ2n) is 9.07. The van der Waals surface area contributed by atoms with Crippen molar-refractivity contribution in [2.45, 2.75) is 40.7 Å². The number of aliphatic hydroxyl groups excluding tert-OH is 1. The highest BCUT2D eigenvalue weighted by Gasteiger charge is 2.29. The number of aromatic nitrogens is 1. The summed E-state index contributed by atoms with van der Waals surface area (Å²) >= 11 is 5.97. The van der Waals surface area contributed by atoms with E-state index in [2.05, 4.69) is 0 Å². The first-order valence-corrected chi connectivity index (χ1v) is 12.1. The number of benzene rings is 2. The second-order valence-corrected chi connectivity index (χ2v) is 9.51. The Morgan fingerprint density at radius 2 is 1.57 bits per heavy atom. The average Bonchev–Trinajstić information content (AvgIpc) is 3.16. The Morgan fingerprint density at radius 1 is 0.919 bits per heavy atom. The van der Waals surface area contributed by atoms with Gasteiger partial charge in [-0.1, -0.05) is 23.7 Å². The minimum absolute atomic E-state index is 0.149. The van der Waals surface area contributed by atoms with Gasteiger partial charge in [0.1, 0.15) is 6.61 Å². The number of allylic oxidation sites excluding steroid dienone is 3. The van der Waals surface area contributed by atoms with Crippen LogP contribution in [0.25, 0.3) is 10.9 Å². The van der Waals surface area contributed by atoms with Crippen molar-refractivity contribution in [1.82, 2.24) is 4.57 Å². The van der Waals surface area contributed by atoms with Gasteiger partial charge in [0.2, 0.25) is 0 Å². The van der Waals surface area contributed by atoms with E-state index in [-0.39, 0.29) is 48.3 Å². The zero-order valence-electron chi connectivity index (χ0n) is 21.0. The summed E-state index contributed by atoms with van der Waals surface area (Å²) in [6, 6.07) is 11.7. The molecule has 1 heterocycles. The van der Waals surface area contributed by atoms with E-state index in [1.807, 2.05) is 0 Å². The molecule has 190 valence electrons. The Bertz CT molecular complexity index is 1540. The van der Waals surface area contributed by atoms with Crippen LogP contribution in [0.3, 0.4) is 0 Å². The minimum Gasteiger partial charge on any atom is -0.460 e. The summed E-state index contributed by atoms with van der Waals surface area (Å²) in [7, 11) is 0. The number of carbonyl (C=O) groups excluding carboxylic acids is 4. The summed E-state index contributed by atoms with van der Waals surface area (Å²) in [6.07, 6.45) is -0.149. The van der Waals surface area contributed by atoms with Crippen molar-refractivity contribution in [2.75, 3.05) is 6.61 Å². The monoisotopic (exact) mass is 519 g/mol. The van der Waals surface area contributed by atoms with Crippen LogP contribution < -0.4 is 0 Å². The summed E-state index contributed by atoms with van der Waals surface area (Å²) in [5.41, 5.74) is 3.92. The molecular weight excluding hydrogens is 494 g/mol. The number of fused-ring (bicyclic) bond motifs is 1. The highest BCUT2D eigenvalue weighted by Crippen LogP contribution is 2.30. The molecule has 37 heavy (non-hydrogen) atoms. The molecule has 7 nitrogen and oxygen atoms in total. The third kappa shape index (κ3) is 4.80. The first-order valence-electron chi connectivity index (χ1n) is 11.7. The van der Waals surface area contributed by atoms with E-state index in [1.54, 1.807) is 70.2 Å². The van der Waals surface area contributed by atoms with Crippen LogP contribution in [0.4, 0.5) is 0 Å². The van der Waals surface area contributed by atoms with Crippen molar-refractivity contribution in [3.63, 3.8) is 0 Å². The van der Waals surface area contributed by atoms with E-state index < -0.39 is 5.97 Å². The zero-order chi connectivity index (χ0) is 27.0. The number of ketones is 2. The molecule has 0 unspecified atom stereocenters. The summed E-state index contributed by atoms with van der Waals surface area (Å²) in [6.45, 7) is 5.96. The number of rotatable bonds is 6. The quantitative estimate of drug-likeness (QED) is 0.375. The SMILES string of the molecule is CC1=C(C)C(=O)C(COC(=O)Cc2c(C)n(C(=O)c3ccc(Cl)cc3)c3cc(CO)ccc23)=C(C)C1=O. The molecule has 0 fully saturated rings. The second kappa shape index (κ2) is 10.3. The van der Waals surface area contributed by atoms with Gasteiger partial charge in [0.05, 0.1) is 18.5 Å². The van der Waals surface area contributed by atoms with Crippen molar-refractivity contribution in [3.8, 4) is 0 Å². The van der Waals surface area contributed by atoms with Crippen LogP contribution >= 0.6 is 11.6 Å². The minimum atomic E-state index is -0.600. The van der Waals surface area contributed by atoms with Crippen molar-refractivity contribution < 1.29 is 29.0 Å². The van der Waals surface area contributed by atoms with Crippen molar-refractivity contribution in [3.05, 3.63) is 92.2 Å². The van der Waals surface area contributed by atoms with Gasteiger partial charge in [-0.3, -0.25) is 23.7 Å². The van der Waals surface area contributed by atoms with Gasteiger partial charge >= 0.3 is 5.97 Å². The fraction of sp³-hybridized carbons (Fsp3) is 0.241. The summed E-state index contributed by atoms with van der Waals surface area (Å²) < 4.78 is 6.94. The Hall–Kier alpha value is -3.81. The Morgan fingerprint density at radius 3 is 2.22 bits per heavy atom. The lowest BCUT2D eigenvalue weighted by Gasteiger charge is -2.18. The van der Waals surface area contributed by atoms with Gasteiger partial charge in [0.15, 0.2) is 11.6 Å². The van der Waals surface area contributed by atoms with Crippen LogP contribution in [0.1, 0.15) is 48.0 Å². The molecule has 0 amide bonds. The van der Waals surface area contributed by atoms with Gasteiger partial charge in [-0.2, -0.15) is 0 Å². The van der Waals surface area contributed by atoms with Crippen LogP contribution in [0.2, 0.25) is 5.02 Å². The molecule has 0 saturated heterocycles. The molecule has 2 aromatic carbocycles. The maximum Gasteiger partial charge on any atom is 0.310 e. The zero-order valence-corrected chi connectivity index (χ0v) is 21.7. The van der Waals surface area contributed by atoms with Crippen LogP contribution in [-0.4, -0.2) is 39.7 Å². The van der Waals surface area contributed by atoms with Crippen LogP contribution in [0.5, 0.6) is 0 Å². The molecule has 8 heteroatoms. The molecular formula is C29H26ClNO6. The van der Waals surface area contributed by atoms with Gasteiger partial charge in [-0.05, 0) is 69.2 Å². The largest absolute Gasteiger partial charge is 0.460 e. The van der Waals surface area contributed by atoms with E-state index >= 15 is 0 Å². The first-order chi connectivity index (χ1) is 17.5. The third-order valence-corrected chi connectivity index (χ3v) is 7.14. The first kappa shape index (κ1) is 26.3. The van der Waals surface area contributed by atoms with Crippen LogP contribution in [-0.2, 0) is 32.1 Å². The van der Waals surface area contributed by atoms with E-state index in [0.29, 0.717) is 49.5 Å². The molecule has 0 aliphatic heterocycles. The number of carbonyl (C=O) groups is 4. The molecule has 3 aromatic rings. The lowest BCUT2D eigenvalue weighted by atomic mass is 9.86. The molecule has 0 bridgehead atoms. The maximum absolute atomic E-state index is 13.4. The predicted octanol–water partition coefficient (Wildman–Crippen LogP) is 4.67. The Kier molecular flexibility index (Phi) is 7.30. The highest BCUT2D eigenvalue weighted by molar-refractivity contribution is 6.30. The lowest BCUT2D eigenvalue weighted by molar-refractivity contribution is -0.142. The van der Waals surface area contributed by atoms with Crippen molar-refractivity contribution in [2.24, 2.45) is 0 Å². The topological polar surface area (TPSA) is 103 Å². The third-order valence-electron chi connectivity index (χ3n) is 6.89. The summed E-state index contributed by atoms with van der Waals surface area (Å²) in [5, 5.41) is 10.8. The molecule has 1 aliphatic carbocycles. The van der Waals surface area contributed by atoms with Crippen molar-refractivity contribution >= 4 is 45.9 Å². The standard InChI is InChI=1S/C29H26ClNO6/c1-15-16(2)28(35)24(17(3)27(15)34)14-37-26(33)12-23-18(4)31(25-11-19(13-32)5-10-22(23)25)29(36)20-6-8-21(30)9-7-20/h5-11,32H,12-14H2,1-4H3. The van der Waals surface area contributed by atoms with E-state index in [9.17, 15) is 24.3 Å². The number of aliphatic hydroxyl groups is 1. The van der Waals surface area contributed by atoms with Gasteiger partial charge in [0, 0.05) is 44.0 Å². The molecule has 0 spiro atoms. The van der Waals surface area contributed by atoms with Crippen molar-refractivity contribution in [1.29, 1.82) is 0 Å². The normalized spacial score (nSPS) is 14.1. The number of halogens is 1. The number of esters is 1. The molecule has 1 aromatic heterocycles. The molecule has 4 rings (SSSR count). The van der Waals surface area contributed by atoms with E-state index in [4.69, 9.17) is 16.3 Å². The molecule has 0 saturated carbocycles. The summed E-state index contributed by atoms with van der Waals surface area (Å²) in [4.78, 5) is 51.4.